The molecular formula is C22H18O. The van der Waals surface area contributed by atoms with Crippen LogP contribution in [0.15, 0.2) is 66.7 Å². The molecule has 0 heterocycles. The van der Waals surface area contributed by atoms with E-state index < -0.39 is 0 Å². The molecule has 0 aliphatic carbocycles. The minimum atomic E-state index is 0.343. The van der Waals surface area contributed by atoms with Crippen molar-refractivity contribution in [3.63, 3.8) is 0 Å². The lowest BCUT2D eigenvalue weighted by atomic mass is 9.90. The molecule has 0 amide bonds. The third kappa shape index (κ3) is 2.08. The van der Waals surface area contributed by atoms with E-state index in [0.29, 0.717) is 5.75 Å². The fourth-order valence-corrected chi connectivity index (χ4v) is 3.49. The van der Waals surface area contributed by atoms with Crippen molar-refractivity contribution in [3.8, 4) is 16.9 Å². The van der Waals surface area contributed by atoms with Crippen LogP contribution in [0, 0.1) is 13.8 Å². The fraction of sp³-hybridized carbons (Fsp3) is 0.0909. The molecule has 4 aromatic rings. The van der Waals surface area contributed by atoms with Gasteiger partial charge in [-0.05, 0) is 58.1 Å². The van der Waals surface area contributed by atoms with Crippen LogP contribution in [-0.4, -0.2) is 5.11 Å². The number of aromatic hydroxyl groups is 1. The summed E-state index contributed by atoms with van der Waals surface area (Å²) >= 11 is 0. The van der Waals surface area contributed by atoms with Crippen molar-refractivity contribution >= 4 is 21.5 Å². The highest BCUT2D eigenvalue weighted by molar-refractivity contribution is 6.08. The van der Waals surface area contributed by atoms with E-state index in [1.807, 2.05) is 25.1 Å². The zero-order chi connectivity index (χ0) is 16.0. The van der Waals surface area contributed by atoms with Crippen LogP contribution in [0.25, 0.3) is 32.7 Å². The maximum Gasteiger partial charge on any atom is 0.124 e. The van der Waals surface area contributed by atoms with E-state index in [1.54, 1.807) is 0 Å². The molecule has 0 bridgehead atoms. The number of phenols is 1. The zero-order valence-electron chi connectivity index (χ0n) is 13.3. The Bertz CT molecular complexity index is 1040. The van der Waals surface area contributed by atoms with Crippen LogP contribution < -0.4 is 0 Å². The summed E-state index contributed by atoms with van der Waals surface area (Å²) in [5.74, 6) is 0.343. The highest BCUT2D eigenvalue weighted by atomic mass is 16.3. The lowest BCUT2D eigenvalue weighted by Gasteiger charge is -2.15. The Balaban J connectivity index is 2.18. The van der Waals surface area contributed by atoms with Gasteiger partial charge in [-0.15, -0.1) is 0 Å². The molecule has 0 spiro atoms. The molecule has 0 atom stereocenters. The second-order valence-corrected chi connectivity index (χ2v) is 6.11. The summed E-state index contributed by atoms with van der Waals surface area (Å²) in [6.07, 6.45) is 0. The van der Waals surface area contributed by atoms with Gasteiger partial charge in [0.05, 0.1) is 0 Å². The standard InChI is InChI=1S/C22H18O/c1-14-11-12-20(18-9-5-3-7-16(14)18)22-19-10-6-4-8-17(19)15(2)13-21(22)23/h3-13,23H,1-2H3. The summed E-state index contributed by atoms with van der Waals surface area (Å²) in [7, 11) is 0. The van der Waals surface area contributed by atoms with Crippen LogP contribution in [0.4, 0.5) is 0 Å². The Morgan fingerprint density at radius 2 is 1.17 bits per heavy atom. The molecule has 1 N–H and O–H groups in total. The predicted octanol–water partition coefficient (Wildman–Crippen LogP) is 5.98. The van der Waals surface area contributed by atoms with Gasteiger partial charge in [0.1, 0.15) is 5.75 Å². The molecule has 0 fully saturated rings. The van der Waals surface area contributed by atoms with Gasteiger partial charge in [-0.2, -0.15) is 0 Å². The Kier molecular flexibility index (Phi) is 3.09. The number of hydrogen-bond donors (Lipinski definition) is 1. The monoisotopic (exact) mass is 298 g/mol. The first-order valence-electron chi connectivity index (χ1n) is 7.87. The fourth-order valence-electron chi connectivity index (χ4n) is 3.49. The van der Waals surface area contributed by atoms with E-state index in [9.17, 15) is 5.11 Å². The van der Waals surface area contributed by atoms with Crippen molar-refractivity contribution in [1.82, 2.24) is 0 Å². The maximum absolute atomic E-state index is 10.7. The summed E-state index contributed by atoms with van der Waals surface area (Å²) in [5, 5.41) is 15.4. The van der Waals surface area contributed by atoms with Gasteiger partial charge in [-0.25, -0.2) is 0 Å². The van der Waals surface area contributed by atoms with Gasteiger partial charge in [-0.3, -0.25) is 0 Å². The summed E-state index contributed by atoms with van der Waals surface area (Å²) in [4.78, 5) is 0. The summed E-state index contributed by atoms with van der Waals surface area (Å²) < 4.78 is 0. The molecule has 0 saturated heterocycles. The molecule has 0 aliphatic heterocycles. The average Bonchev–Trinajstić information content (AvgIpc) is 2.57. The summed E-state index contributed by atoms with van der Waals surface area (Å²) in [6, 6.07) is 22.8. The third-order valence-corrected chi connectivity index (χ3v) is 4.64. The Morgan fingerprint density at radius 3 is 1.87 bits per heavy atom. The first kappa shape index (κ1) is 13.8. The summed E-state index contributed by atoms with van der Waals surface area (Å²) in [5.41, 5.74) is 4.35. The number of benzene rings is 4. The van der Waals surface area contributed by atoms with Gasteiger partial charge in [0, 0.05) is 5.56 Å². The van der Waals surface area contributed by atoms with Crippen molar-refractivity contribution in [2.45, 2.75) is 13.8 Å². The van der Waals surface area contributed by atoms with E-state index in [4.69, 9.17) is 0 Å². The van der Waals surface area contributed by atoms with Gasteiger partial charge < -0.3 is 5.11 Å². The SMILES string of the molecule is Cc1ccc(-c2c(O)cc(C)c3ccccc23)c2ccccc12. The van der Waals surface area contributed by atoms with Gasteiger partial charge in [0.2, 0.25) is 0 Å². The quantitative estimate of drug-likeness (QED) is 0.458. The largest absolute Gasteiger partial charge is 0.507 e. The average molecular weight is 298 g/mol. The Morgan fingerprint density at radius 1 is 0.609 bits per heavy atom. The van der Waals surface area contributed by atoms with E-state index in [2.05, 4.69) is 55.5 Å². The number of phenolic OH excluding ortho intramolecular Hbond substituents is 1. The van der Waals surface area contributed by atoms with Crippen molar-refractivity contribution in [3.05, 3.63) is 77.9 Å². The van der Waals surface area contributed by atoms with Gasteiger partial charge in [0.25, 0.3) is 0 Å². The van der Waals surface area contributed by atoms with Gasteiger partial charge >= 0.3 is 0 Å². The molecule has 23 heavy (non-hydrogen) atoms. The van der Waals surface area contributed by atoms with Crippen LogP contribution in [-0.2, 0) is 0 Å². The van der Waals surface area contributed by atoms with E-state index >= 15 is 0 Å². The molecule has 0 aromatic heterocycles. The first-order valence-corrected chi connectivity index (χ1v) is 7.87. The van der Waals surface area contributed by atoms with Crippen molar-refractivity contribution in [2.75, 3.05) is 0 Å². The van der Waals surface area contributed by atoms with Crippen molar-refractivity contribution < 1.29 is 5.11 Å². The maximum atomic E-state index is 10.7. The van der Waals surface area contributed by atoms with E-state index in [1.165, 1.54) is 21.7 Å². The Labute approximate surface area is 135 Å². The van der Waals surface area contributed by atoms with Gasteiger partial charge in [-0.1, -0.05) is 60.7 Å². The second kappa shape index (κ2) is 5.13. The Hall–Kier alpha value is -2.80. The van der Waals surface area contributed by atoms with Crippen LogP contribution in [0.2, 0.25) is 0 Å². The van der Waals surface area contributed by atoms with Crippen LogP contribution in [0.3, 0.4) is 0 Å². The molecule has 0 saturated carbocycles. The van der Waals surface area contributed by atoms with Crippen LogP contribution >= 0.6 is 0 Å². The molecule has 112 valence electrons. The molecule has 4 aromatic carbocycles. The van der Waals surface area contributed by atoms with Crippen molar-refractivity contribution in [1.29, 1.82) is 0 Å². The van der Waals surface area contributed by atoms with E-state index in [0.717, 1.165) is 22.1 Å². The topological polar surface area (TPSA) is 20.2 Å². The molecular weight excluding hydrogens is 280 g/mol. The zero-order valence-corrected chi connectivity index (χ0v) is 13.3. The second-order valence-electron chi connectivity index (χ2n) is 6.11. The molecule has 4 rings (SSSR count). The van der Waals surface area contributed by atoms with E-state index in [-0.39, 0.29) is 0 Å². The normalized spacial score (nSPS) is 11.2. The summed E-state index contributed by atoms with van der Waals surface area (Å²) in [6.45, 7) is 4.16. The minimum Gasteiger partial charge on any atom is -0.507 e. The highest BCUT2D eigenvalue weighted by Crippen LogP contribution is 2.41. The lowest BCUT2D eigenvalue weighted by Crippen LogP contribution is -1.89. The third-order valence-electron chi connectivity index (χ3n) is 4.64. The molecule has 0 aliphatic rings. The number of aryl methyl sites for hydroxylation is 2. The van der Waals surface area contributed by atoms with Crippen LogP contribution in [0.1, 0.15) is 11.1 Å². The molecule has 0 unspecified atom stereocenters. The number of hydrogen-bond acceptors (Lipinski definition) is 1. The van der Waals surface area contributed by atoms with Crippen molar-refractivity contribution in [2.24, 2.45) is 0 Å². The lowest BCUT2D eigenvalue weighted by molar-refractivity contribution is 0.478. The predicted molar refractivity (Wildman–Crippen MR) is 98.0 cm³/mol. The number of rotatable bonds is 1. The van der Waals surface area contributed by atoms with Crippen LogP contribution in [0.5, 0.6) is 5.75 Å². The number of fused-ring (bicyclic) bond motifs is 2. The molecule has 1 nitrogen and oxygen atoms in total. The van der Waals surface area contributed by atoms with Gasteiger partial charge in [0.15, 0.2) is 0 Å². The smallest absolute Gasteiger partial charge is 0.124 e. The molecule has 0 radical (unpaired) electrons. The highest BCUT2D eigenvalue weighted by Gasteiger charge is 2.14. The molecule has 1 heteroatoms. The first-order chi connectivity index (χ1) is 11.2. The minimum absolute atomic E-state index is 0.343.